The molecule has 0 aliphatic rings. The van der Waals surface area contributed by atoms with Crippen molar-refractivity contribution in [2.75, 3.05) is 13.2 Å². The second-order valence-corrected chi connectivity index (χ2v) is 28.9. The van der Waals surface area contributed by atoms with Crippen molar-refractivity contribution in [3.8, 4) is 11.5 Å². The fourth-order valence-corrected chi connectivity index (χ4v) is 18.0. The van der Waals surface area contributed by atoms with Crippen molar-refractivity contribution in [3.63, 3.8) is 0 Å². The molecule has 0 N–H and O–H groups in total. The molecule has 12 rings (SSSR count). The minimum atomic E-state index is -0.365. The van der Waals surface area contributed by atoms with Crippen LogP contribution in [0.3, 0.4) is 0 Å². The smallest absolute Gasteiger partial charge is 0.166 e. The lowest BCUT2D eigenvalue weighted by atomic mass is 10.2. The van der Waals surface area contributed by atoms with E-state index in [1.165, 1.54) is 94.8 Å². The SMILES string of the molecule is CCCCCCOc1ccc([S+](c2ccccc2)c2ccccc2)cc1.CCCCOc1ccc([S+](c2ccccc2)c2ccccc2)cc1.Fc1ccc([S+](c2ccccc2)c2ccc(F)cc2)cc1.Fc1ccc([S+](c2ccccc2)c2ccccc2)cc1. The van der Waals surface area contributed by atoms with Crippen LogP contribution >= 0.6 is 0 Å². The fraction of sp³-hybridized carbons (Fsp3) is 0.122. The molecule has 0 saturated heterocycles. The maximum atomic E-state index is 13.2. The van der Waals surface area contributed by atoms with Gasteiger partial charge in [-0.15, -0.1) is 0 Å². The van der Waals surface area contributed by atoms with Gasteiger partial charge in [0.1, 0.15) is 29.0 Å². The molecule has 0 spiro atoms. The Hall–Kier alpha value is -8.57. The standard InChI is InChI=1S/C24H27OS.C22H23OS.C18H13F2S.C18H14FS/c1-2-3-4-11-20-25-21-16-18-24(19-17-21)26(22-12-7-5-8-13-22)23-14-9-6-10-15-23;1-2-3-18-23-19-14-16-22(17-15-19)24(20-10-6-4-7-11-20)21-12-8-5-9-13-21;19-14-6-10-17(11-7-14)21(16-4-2-1-3-5-16)18-12-8-15(20)9-13-18;19-15-11-13-18(14-12-15)20(16-7-3-1-4-8-16)17-9-5-2-6-10-17/h5-10,12-19H,2-4,11,20H2,1H3;4-17H,2-3,18H2,1H3;1-13H;1-14H/q4*+1. The van der Waals surface area contributed by atoms with Gasteiger partial charge in [-0.05, 0) is 219 Å². The summed E-state index contributed by atoms with van der Waals surface area (Å²) in [5.41, 5.74) is 0. The first-order valence-corrected chi connectivity index (χ1v) is 35.8. The first-order valence-electron chi connectivity index (χ1n) is 30.9. The molecule has 9 heteroatoms. The van der Waals surface area contributed by atoms with Crippen LogP contribution < -0.4 is 9.47 Å². The molecule has 0 heterocycles. The van der Waals surface area contributed by atoms with Crippen LogP contribution in [-0.2, 0) is 43.6 Å². The highest BCUT2D eigenvalue weighted by molar-refractivity contribution is 7.98. The summed E-state index contributed by atoms with van der Waals surface area (Å²) in [6.07, 6.45) is 7.19. The zero-order valence-corrected chi connectivity index (χ0v) is 54.8. The average Bonchev–Trinajstić information content (AvgIpc) is 1.24. The summed E-state index contributed by atoms with van der Waals surface area (Å²) in [7, 11) is -0.728. The van der Waals surface area contributed by atoms with E-state index in [4.69, 9.17) is 9.47 Å². The van der Waals surface area contributed by atoms with E-state index in [0.29, 0.717) is 0 Å². The van der Waals surface area contributed by atoms with Crippen molar-refractivity contribution in [3.05, 3.63) is 351 Å². The van der Waals surface area contributed by atoms with E-state index in [1.54, 1.807) is 24.3 Å². The predicted octanol–water partition coefficient (Wildman–Crippen LogP) is 22.7. The number of hydrogen-bond donors (Lipinski definition) is 0. The van der Waals surface area contributed by atoms with E-state index in [1.807, 2.05) is 78.9 Å². The second kappa shape index (κ2) is 36.9. The number of hydrogen-bond acceptors (Lipinski definition) is 2. The Labute approximate surface area is 549 Å². The topological polar surface area (TPSA) is 18.5 Å². The van der Waals surface area contributed by atoms with Crippen LogP contribution in [0.2, 0.25) is 0 Å². The Bertz CT molecular complexity index is 3730. The molecular weight excluding hydrogens is 1200 g/mol. The molecule has 12 aromatic rings. The number of ether oxygens (including phenoxy) is 2. The third-order valence-corrected chi connectivity index (χ3v) is 23.1. The summed E-state index contributed by atoms with van der Waals surface area (Å²) in [5.74, 6) is 1.22. The molecule has 0 amide bonds. The molecule has 458 valence electrons. The Balaban J connectivity index is 0.000000144. The fourth-order valence-electron chi connectivity index (χ4n) is 9.64. The maximum absolute atomic E-state index is 13.2. The molecule has 0 aromatic heterocycles. The van der Waals surface area contributed by atoms with Crippen LogP contribution in [0.25, 0.3) is 0 Å². The van der Waals surface area contributed by atoms with E-state index >= 15 is 0 Å². The summed E-state index contributed by atoms with van der Waals surface area (Å²) < 4.78 is 51.2. The van der Waals surface area contributed by atoms with Crippen LogP contribution in [0.1, 0.15) is 52.4 Å². The van der Waals surface area contributed by atoms with Crippen LogP contribution in [-0.4, -0.2) is 13.2 Å². The molecule has 0 fully saturated rings. The van der Waals surface area contributed by atoms with Gasteiger partial charge in [-0.2, -0.15) is 0 Å². The quantitative estimate of drug-likeness (QED) is 0.0497. The lowest BCUT2D eigenvalue weighted by molar-refractivity contribution is 0.305. The van der Waals surface area contributed by atoms with E-state index in [9.17, 15) is 13.2 Å². The minimum absolute atomic E-state index is 0.0858. The van der Waals surface area contributed by atoms with Gasteiger partial charge < -0.3 is 9.47 Å². The van der Waals surface area contributed by atoms with Crippen LogP contribution in [0.15, 0.2) is 392 Å². The minimum Gasteiger partial charge on any atom is -0.494 e. The number of unbranched alkanes of at least 4 members (excludes halogenated alkanes) is 4. The zero-order valence-electron chi connectivity index (χ0n) is 51.5. The number of halogens is 3. The first-order chi connectivity index (χ1) is 44.8. The molecule has 0 unspecified atom stereocenters. The highest BCUT2D eigenvalue weighted by atomic mass is 32.2. The molecule has 0 aliphatic carbocycles. The van der Waals surface area contributed by atoms with Crippen LogP contribution in [0, 0.1) is 17.5 Å². The van der Waals surface area contributed by atoms with Crippen molar-refractivity contribution in [1.82, 2.24) is 0 Å². The van der Waals surface area contributed by atoms with Crippen molar-refractivity contribution in [2.45, 2.75) is 111 Å². The summed E-state index contributed by atoms with van der Waals surface area (Å²) in [6, 6.07) is 111. The van der Waals surface area contributed by atoms with E-state index in [2.05, 4.69) is 208 Å². The van der Waals surface area contributed by atoms with Crippen molar-refractivity contribution < 1.29 is 22.6 Å². The Morgan fingerprint density at radius 3 is 0.604 bits per heavy atom. The zero-order chi connectivity index (χ0) is 63.1. The summed E-state index contributed by atoms with van der Waals surface area (Å²) in [5, 5.41) is 0. The predicted molar refractivity (Wildman–Crippen MR) is 376 cm³/mol. The van der Waals surface area contributed by atoms with Crippen molar-refractivity contribution in [2.24, 2.45) is 0 Å². The Kier molecular flexibility index (Phi) is 27.1. The summed E-state index contributed by atoms with van der Waals surface area (Å²) in [6.45, 7) is 6.01. The second-order valence-electron chi connectivity index (χ2n) is 20.8. The van der Waals surface area contributed by atoms with Gasteiger partial charge in [-0.1, -0.05) is 167 Å². The van der Waals surface area contributed by atoms with Gasteiger partial charge >= 0.3 is 0 Å². The van der Waals surface area contributed by atoms with Gasteiger partial charge in [0.15, 0.2) is 58.7 Å². The van der Waals surface area contributed by atoms with Gasteiger partial charge in [-0.3, -0.25) is 0 Å². The molecule has 12 aromatic carbocycles. The third kappa shape index (κ3) is 20.7. The van der Waals surface area contributed by atoms with Gasteiger partial charge in [0.05, 0.1) is 56.8 Å². The largest absolute Gasteiger partial charge is 0.494 e. The van der Waals surface area contributed by atoms with Crippen molar-refractivity contribution in [1.29, 1.82) is 0 Å². The van der Waals surface area contributed by atoms with E-state index in [-0.39, 0.29) is 61.0 Å². The molecule has 91 heavy (non-hydrogen) atoms. The highest BCUT2D eigenvalue weighted by Crippen LogP contribution is 2.36. The van der Waals surface area contributed by atoms with E-state index < -0.39 is 0 Å². The third-order valence-electron chi connectivity index (χ3n) is 14.2. The molecule has 2 nitrogen and oxygen atoms in total. The summed E-state index contributed by atoms with van der Waals surface area (Å²) in [4.78, 5) is 14.7. The molecule has 0 atom stereocenters. The van der Waals surface area contributed by atoms with Gasteiger partial charge in [0.2, 0.25) is 0 Å². The first kappa shape index (κ1) is 66.8. The van der Waals surface area contributed by atoms with Gasteiger partial charge in [-0.25, -0.2) is 13.2 Å². The van der Waals surface area contributed by atoms with Crippen molar-refractivity contribution >= 4 is 43.6 Å². The highest BCUT2D eigenvalue weighted by Gasteiger charge is 2.32. The van der Waals surface area contributed by atoms with Gasteiger partial charge in [0.25, 0.3) is 0 Å². The normalized spacial score (nSPS) is 10.8. The van der Waals surface area contributed by atoms with E-state index in [0.717, 1.165) is 63.6 Å². The number of rotatable bonds is 22. The van der Waals surface area contributed by atoms with Crippen LogP contribution in [0.4, 0.5) is 13.2 Å². The molecular formula is C82H77F3O2S4+4. The molecule has 0 radical (unpaired) electrons. The lowest BCUT2D eigenvalue weighted by Crippen LogP contribution is -2.04. The summed E-state index contributed by atoms with van der Waals surface area (Å²) >= 11 is 0. The monoisotopic (exact) mass is 1280 g/mol. The average molecular weight is 1280 g/mol. The number of benzene rings is 12. The Morgan fingerprint density at radius 1 is 0.209 bits per heavy atom. The lowest BCUT2D eigenvalue weighted by Gasteiger charge is -2.09. The molecule has 0 bridgehead atoms. The Morgan fingerprint density at radius 2 is 0.396 bits per heavy atom. The van der Waals surface area contributed by atoms with Gasteiger partial charge in [0, 0.05) is 0 Å². The molecule has 0 saturated carbocycles. The molecule has 0 aliphatic heterocycles. The van der Waals surface area contributed by atoms with Crippen LogP contribution in [0.5, 0.6) is 11.5 Å². The maximum Gasteiger partial charge on any atom is 0.166 e.